The van der Waals surface area contributed by atoms with Crippen molar-refractivity contribution in [2.45, 2.75) is 45.3 Å². The minimum absolute atomic E-state index is 0.360. The highest BCUT2D eigenvalue weighted by Crippen LogP contribution is 2.38. The summed E-state index contributed by atoms with van der Waals surface area (Å²) in [6.07, 6.45) is 4.32. The van der Waals surface area contributed by atoms with Gasteiger partial charge < -0.3 is 14.0 Å². The number of nitrogens with zero attached hydrogens (tertiary/aromatic N) is 3. The first kappa shape index (κ1) is 13.1. The summed E-state index contributed by atoms with van der Waals surface area (Å²) in [6.45, 7) is 8.87. The normalized spacial score (nSPS) is 22.6. The standard InChI is InChI=1S/C14H18BN3O3/c1-13(2)14(3,4)21-15(20-13)10-7-18-12(16-8-17-18)11-9(10)5-6-19-11/h7-8H,5-6H2,1-4H3. The second-order valence-corrected chi connectivity index (χ2v) is 6.61. The molecule has 0 aromatic carbocycles. The van der Waals surface area contributed by atoms with E-state index >= 15 is 0 Å². The van der Waals surface area contributed by atoms with Crippen LogP contribution >= 0.6 is 0 Å². The zero-order chi connectivity index (χ0) is 14.8. The van der Waals surface area contributed by atoms with Gasteiger partial charge in [-0.05, 0) is 27.7 Å². The molecule has 0 unspecified atom stereocenters. The molecule has 2 aliphatic heterocycles. The van der Waals surface area contributed by atoms with Gasteiger partial charge in [0.25, 0.3) is 0 Å². The van der Waals surface area contributed by atoms with Crippen LogP contribution in [0.15, 0.2) is 12.5 Å². The molecule has 0 aliphatic carbocycles. The molecule has 0 spiro atoms. The van der Waals surface area contributed by atoms with Gasteiger partial charge in [-0.15, -0.1) is 0 Å². The van der Waals surface area contributed by atoms with E-state index in [9.17, 15) is 0 Å². The summed E-state index contributed by atoms with van der Waals surface area (Å²) in [4.78, 5) is 4.26. The Labute approximate surface area is 123 Å². The van der Waals surface area contributed by atoms with E-state index in [-0.39, 0.29) is 11.2 Å². The molecule has 0 bridgehead atoms. The predicted molar refractivity (Wildman–Crippen MR) is 77.9 cm³/mol. The number of hydrogen-bond donors (Lipinski definition) is 0. The Balaban J connectivity index is 1.85. The molecule has 0 saturated carbocycles. The van der Waals surface area contributed by atoms with Crippen molar-refractivity contribution >= 4 is 18.2 Å². The largest absolute Gasteiger partial charge is 0.496 e. The molecule has 6 nitrogen and oxygen atoms in total. The van der Waals surface area contributed by atoms with Gasteiger partial charge in [-0.1, -0.05) is 0 Å². The Kier molecular flexibility index (Phi) is 2.48. The second-order valence-electron chi connectivity index (χ2n) is 6.61. The Morgan fingerprint density at radius 2 is 1.90 bits per heavy atom. The maximum absolute atomic E-state index is 6.16. The lowest BCUT2D eigenvalue weighted by Gasteiger charge is -2.32. The van der Waals surface area contributed by atoms with Gasteiger partial charge in [0, 0.05) is 23.6 Å². The van der Waals surface area contributed by atoms with Gasteiger partial charge in [0.2, 0.25) is 0 Å². The third-order valence-corrected chi connectivity index (χ3v) is 4.77. The van der Waals surface area contributed by atoms with E-state index in [0.29, 0.717) is 6.61 Å². The van der Waals surface area contributed by atoms with Gasteiger partial charge in [0.15, 0.2) is 11.4 Å². The Morgan fingerprint density at radius 1 is 1.19 bits per heavy atom. The average Bonchev–Trinajstić information content (AvgIpc) is 3.07. The van der Waals surface area contributed by atoms with Crippen molar-refractivity contribution in [3.05, 3.63) is 18.1 Å². The van der Waals surface area contributed by atoms with Crippen LogP contribution in [0.3, 0.4) is 0 Å². The summed E-state index contributed by atoms with van der Waals surface area (Å²) in [5.74, 6) is 0.805. The minimum Gasteiger partial charge on any atom is -0.489 e. The number of fused-ring (bicyclic) bond motifs is 3. The maximum atomic E-state index is 6.16. The van der Waals surface area contributed by atoms with Crippen LogP contribution in [0, 0.1) is 0 Å². The summed E-state index contributed by atoms with van der Waals surface area (Å²) in [5.41, 5.74) is 2.14. The Morgan fingerprint density at radius 3 is 2.62 bits per heavy atom. The van der Waals surface area contributed by atoms with Gasteiger partial charge in [-0.2, -0.15) is 5.10 Å². The molecular formula is C14H18BN3O3. The highest BCUT2D eigenvalue weighted by molar-refractivity contribution is 6.62. The fourth-order valence-electron chi connectivity index (χ4n) is 2.82. The molecule has 2 aromatic rings. The number of pyridine rings is 1. The Hall–Kier alpha value is -1.60. The lowest BCUT2D eigenvalue weighted by Crippen LogP contribution is -2.41. The van der Waals surface area contributed by atoms with Gasteiger partial charge >= 0.3 is 7.12 Å². The van der Waals surface area contributed by atoms with E-state index < -0.39 is 7.12 Å². The van der Waals surface area contributed by atoms with Crippen LogP contribution in [0.25, 0.3) is 5.65 Å². The van der Waals surface area contributed by atoms with E-state index in [2.05, 4.69) is 37.8 Å². The molecule has 4 heterocycles. The number of hydrogen-bond acceptors (Lipinski definition) is 5. The first-order valence-corrected chi connectivity index (χ1v) is 7.23. The molecule has 2 aliphatic rings. The van der Waals surface area contributed by atoms with Crippen molar-refractivity contribution in [2.75, 3.05) is 6.61 Å². The van der Waals surface area contributed by atoms with E-state index in [1.54, 1.807) is 4.52 Å². The summed E-state index contributed by atoms with van der Waals surface area (Å²) in [7, 11) is -0.404. The molecule has 0 N–H and O–H groups in total. The Bertz CT molecular complexity index is 710. The van der Waals surface area contributed by atoms with E-state index in [4.69, 9.17) is 14.0 Å². The minimum atomic E-state index is -0.404. The monoisotopic (exact) mass is 287 g/mol. The SMILES string of the molecule is CC1(C)OB(c2cn3ncnc3c3c2CCO3)OC1(C)C. The molecule has 1 saturated heterocycles. The third-order valence-electron chi connectivity index (χ3n) is 4.77. The van der Waals surface area contributed by atoms with Crippen molar-refractivity contribution in [1.29, 1.82) is 0 Å². The van der Waals surface area contributed by atoms with Crippen LogP contribution in [0.4, 0.5) is 0 Å². The van der Waals surface area contributed by atoms with Gasteiger partial charge in [-0.3, -0.25) is 0 Å². The van der Waals surface area contributed by atoms with Crippen LogP contribution in [-0.2, 0) is 15.7 Å². The third kappa shape index (κ3) is 1.74. The number of ether oxygens (including phenoxy) is 1. The molecule has 7 heteroatoms. The first-order valence-electron chi connectivity index (χ1n) is 7.23. The fraction of sp³-hybridized carbons (Fsp3) is 0.571. The highest BCUT2D eigenvalue weighted by atomic mass is 16.7. The summed E-state index contributed by atoms with van der Waals surface area (Å²) < 4.78 is 19.8. The summed E-state index contributed by atoms with van der Waals surface area (Å²) in [5, 5.41) is 4.22. The van der Waals surface area contributed by atoms with Gasteiger partial charge in [0.1, 0.15) is 6.33 Å². The van der Waals surface area contributed by atoms with Crippen molar-refractivity contribution in [1.82, 2.24) is 14.6 Å². The van der Waals surface area contributed by atoms with Crippen LogP contribution in [-0.4, -0.2) is 39.5 Å². The number of rotatable bonds is 1. The zero-order valence-electron chi connectivity index (χ0n) is 12.7. The van der Waals surface area contributed by atoms with Crippen molar-refractivity contribution in [3.63, 3.8) is 0 Å². The van der Waals surface area contributed by atoms with Crippen LogP contribution < -0.4 is 10.2 Å². The quantitative estimate of drug-likeness (QED) is 0.731. The average molecular weight is 287 g/mol. The topological polar surface area (TPSA) is 57.9 Å². The smallest absolute Gasteiger partial charge is 0.489 e. The number of aromatic nitrogens is 3. The van der Waals surface area contributed by atoms with Crippen molar-refractivity contribution in [2.24, 2.45) is 0 Å². The molecule has 4 rings (SSSR count). The lowest BCUT2D eigenvalue weighted by atomic mass is 9.76. The molecule has 21 heavy (non-hydrogen) atoms. The molecule has 0 atom stereocenters. The van der Waals surface area contributed by atoms with Crippen LogP contribution in [0.1, 0.15) is 33.3 Å². The van der Waals surface area contributed by atoms with Crippen LogP contribution in [0.2, 0.25) is 0 Å². The summed E-state index contributed by atoms with van der Waals surface area (Å²) in [6, 6.07) is 0. The second kappa shape index (κ2) is 3.98. The van der Waals surface area contributed by atoms with E-state index in [1.807, 2.05) is 6.20 Å². The molecule has 0 amide bonds. The molecule has 1 fully saturated rings. The first-order chi connectivity index (χ1) is 9.89. The predicted octanol–water partition coefficient (Wildman–Crippen LogP) is 0.963. The van der Waals surface area contributed by atoms with Gasteiger partial charge in [-0.25, -0.2) is 9.50 Å². The molecular weight excluding hydrogens is 269 g/mol. The summed E-state index contributed by atoms with van der Waals surface area (Å²) >= 11 is 0. The maximum Gasteiger partial charge on any atom is 0.496 e. The van der Waals surface area contributed by atoms with Gasteiger partial charge in [0.05, 0.1) is 17.8 Å². The van der Waals surface area contributed by atoms with Crippen molar-refractivity contribution in [3.8, 4) is 5.75 Å². The van der Waals surface area contributed by atoms with E-state index in [1.165, 1.54) is 6.33 Å². The molecule has 0 radical (unpaired) electrons. The highest BCUT2D eigenvalue weighted by Gasteiger charge is 2.52. The van der Waals surface area contributed by atoms with Crippen molar-refractivity contribution < 1.29 is 14.0 Å². The van der Waals surface area contributed by atoms with E-state index in [0.717, 1.165) is 28.8 Å². The van der Waals surface area contributed by atoms with Crippen LogP contribution in [0.5, 0.6) is 5.75 Å². The lowest BCUT2D eigenvalue weighted by molar-refractivity contribution is 0.00578. The zero-order valence-corrected chi connectivity index (χ0v) is 12.7. The molecule has 2 aromatic heterocycles. The molecule has 110 valence electrons. The fourth-order valence-corrected chi connectivity index (χ4v) is 2.82.